The minimum absolute atomic E-state index is 0.207. The number of fused-ring (bicyclic) bond motifs is 1. The molecule has 21 heavy (non-hydrogen) atoms. The fraction of sp³-hybridized carbons (Fsp3) is 0.154. The van der Waals surface area contributed by atoms with E-state index in [1.54, 1.807) is 0 Å². The van der Waals surface area contributed by atoms with Gasteiger partial charge in [-0.15, -0.1) is 0 Å². The number of anilines is 1. The Balaban J connectivity index is 1.88. The van der Waals surface area contributed by atoms with Gasteiger partial charge in [0.1, 0.15) is 17.6 Å². The van der Waals surface area contributed by atoms with Gasteiger partial charge >= 0.3 is 0 Å². The molecule has 0 amide bonds. The fourth-order valence-electron chi connectivity index (χ4n) is 2.01. The van der Waals surface area contributed by atoms with E-state index in [1.807, 2.05) is 0 Å². The van der Waals surface area contributed by atoms with Gasteiger partial charge < -0.3 is 25.3 Å². The zero-order valence-electron chi connectivity index (χ0n) is 11.2. The summed E-state index contributed by atoms with van der Waals surface area (Å²) < 4.78 is 5.18. The number of imidazole rings is 1. The summed E-state index contributed by atoms with van der Waals surface area (Å²) in [5.74, 6) is 0.621. The first kappa shape index (κ1) is 13.0. The maximum Gasteiger partial charge on any atom is 0.182 e. The highest BCUT2D eigenvalue weighted by Crippen LogP contribution is 2.33. The highest BCUT2D eigenvalue weighted by Gasteiger charge is 2.11. The Morgan fingerprint density at radius 3 is 2.81 bits per heavy atom. The number of nitrogens with one attached hydrogen (secondary N) is 2. The molecular formula is C13H13N5O3. The van der Waals surface area contributed by atoms with Gasteiger partial charge in [0.25, 0.3) is 0 Å². The van der Waals surface area contributed by atoms with Gasteiger partial charge in [0.15, 0.2) is 23.0 Å². The van der Waals surface area contributed by atoms with E-state index in [2.05, 4.69) is 25.3 Å². The lowest BCUT2D eigenvalue weighted by Crippen LogP contribution is -2.04. The third-order valence-electron chi connectivity index (χ3n) is 3.05. The Kier molecular flexibility index (Phi) is 3.19. The highest BCUT2D eigenvalue weighted by atomic mass is 16.5. The topological polar surface area (TPSA) is 116 Å². The summed E-state index contributed by atoms with van der Waals surface area (Å²) in [5, 5.41) is 22.2. The van der Waals surface area contributed by atoms with Gasteiger partial charge in [0, 0.05) is 18.2 Å². The second-order valence-corrected chi connectivity index (χ2v) is 4.33. The van der Waals surface area contributed by atoms with Crippen molar-refractivity contribution in [3.63, 3.8) is 0 Å². The molecule has 108 valence electrons. The first-order valence-electron chi connectivity index (χ1n) is 6.16. The van der Waals surface area contributed by atoms with Crippen LogP contribution in [0, 0.1) is 0 Å². The predicted molar refractivity (Wildman–Crippen MR) is 75.3 cm³/mol. The molecule has 3 rings (SSSR count). The van der Waals surface area contributed by atoms with Gasteiger partial charge in [-0.3, -0.25) is 0 Å². The van der Waals surface area contributed by atoms with Crippen LogP contribution in [0.1, 0.15) is 5.56 Å². The van der Waals surface area contributed by atoms with Crippen LogP contribution in [0.15, 0.2) is 24.8 Å². The van der Waals surface area contributed by atoms with Gasteiger partial charge in [-0.1, -0.05) is 0 Å². The minimum atomic E-state index is -0.228. The molecule has 2 aromatic heterocycles. The molecule has 0 atom stereocenters. The molecule has 0 radical (unpaired) electrons. The van der Waals surface area contributed by atoms with E-state index in [1.165, 1.54) is 31.9 Å². The van der Waals surface area contributed by atoms with Crippen LogP contribution in [0.4, 0.5) is 5.82 Å². The maximum absolute atomic E-state index is 9.58. The number of nitrogens with zero attached hydrogens (tertiary/aromatic N) is 3. The van der Waals surface area contributed by atoms with E-state index < -0.39 is 0 Å². The first-order valence-corrected chi connectivity index (χ1v) is 6.16. The van der Waals surface area contributed by atoms with E-state index in [4.69, 9.17) is 4.74 Å². The minimum Gasteiger partial charge on any atom is -0.504 e. The van der Waals surface area contributed by atoms with Crippen LogP contribution >= 0.6 is 0 Å². The number of phenolic OH excluding ortho intramolecular Hbond substituents is 2. The molecule has 0 saturated heterocycles. The molecule has 0 spiro atoms. The summed E-state index contributed by atoms with van der Waals surface area (Å²) in [7, 11) is 1.49. The number of aromatic nitrogens is 4. The average Bonchev–Trinajstić information content (AvgIpc) is 2.97. The van der Waals surface area contributed by atoms with E-state index in [-0.39, 0.29) is 11.5 Å². The molecule has 1 aromatic carbocycles. The number of aromatic hydroxyl groups is 2. The molecule has 0 bridgehead atoms. The zero-order valence-corrected chi connectivity index (χ0v) is 11.2. The molecule has 8 nitrogen and oxygen atoms in total. The summed E-state index contributed by atoms with van der Waals surface area (Å²) in [4.78, 5) is 15.2. The third-order valence-corrected chi connectivity index (χ3v) is 3.05. The molecular weight excluding hydrogens is 274 g/mol. The zero-order chi connectivity index (χ0) is 14.8. The molecule has 8 heteroatoms. The van der Waals surface area contributed by atoms with Crippen LogP contribution in [-0.2, 0) is 6.54 Å². The van der Waals surface area contributed by atoms with E-state index >= 15 is 0 Å². The van der Waals surface area contributed by atoms with Gasteiger partial charge in [-0.05, 0) is 6.07 Å². The molecule has 0 unspecified atom stereocenters. The Hall–Kier alpha value is -3.03. The van der Waals surface area contributed by atoms with Crippen LogP contribution in [-0.4, -0.2) is 37.3 Å². The summed E-state index contributed by atoms with van der Waals surface area (Å²) in [6, 6.07) is 2.80. The number of methoxy groups -OCH3 is 1. The number of benzene rings is 1. The van der Waals surface area contributed by atoms with E-state index in [0.717, 1.165) is 0 Å². The maximum atomic E-state index is 9.58. The Morgan fingerprint density at radius 1 is 1.19 bits per heavy atom. The lowest BCUT2D eigenvalue weighted by Gasteiger charge is -2.11. The Labute approximate surface area is 119 Å². The largest absolute Gasteiger partial charge is 0.504 e. The van der Waals surface area contributed by atoms with Crippen LogP contribution in [0.5, 0.6) is 17.2 Å². The van der Waals surface area contributed by atoms with Crippen LogP contribution in [0.3, 0.4) is 0 Å². The molecule has 3 aromatic rings. The first-order chi connectivity index (χ1) is 10.2. The quantitative estimate of drug-likeness (QED) is 0.536. The highest BCUT2D eigenvalue weighted by molar-refractivity contribution is 5.81. The molecule has 2 heterocycles. The van der Waals surface area contributed by atoms with Crippen molar-refractivity contribution < 1.29 is 14.9 Å². The number of aromatic amines is 1. The van der Waals surface area contributed by atoms with Crippen LogP contribution < -0.4 is 10.1 Å². The lowest BCUT2D eigenvalue weighted by atomic mass is 10.1. The number of phenols is 2. The van der Waals surface area contributed by atoms with Crippen molar-refractivity contribution in [3.8, 4) is 17.2 Å². The number of H-pyrrole nitrogens is 1. The predicted octanol–water partition coefficient (Wildman–Crippen LogP) is 1.38. The van der Waals surface area contributed by atoms with E-state index in [9.17, 15) is 10.2 Å². The van der Waals surface area contributed by atoms with Crippen molar-refractivity contribution in [2.75, 3.05) is 12.4 Å². The third kappa shape index (κ3) is 2.38. The monoisotopic (exact) mass is 287 g/mol. The molecule has 0 saturated carbocycles. The number of hydrogen-bond donors (Lipinski definition) is 4. The average molecular weight is 287 g/mol. The van der Waals surface area contributed by atoms with Gasteiger partial charge in [0.05, 0.1) is 13.4 Å². The van der Waals surface area contributed by atoms with E-state index in [0.29, 0.717) is 34.8 Å². The second kappa shape index (κ2) is 5.16. The lowest BCUT2D eigenvalue weighted by molar-refractivity contribution is 0.383. The number of ether oxygens (including phenoxy) is 1. The second-order valence-electron chi connectivity index (χ2n) is 4.33. The molecule has 0 fully saturated rings. The standard InChI is InChI=1S/C13H13N5O3/c1-21-10-3-9(20)8(19)2-7(10)4-14-12-11-13(16-5-15-11)18-6-17-12/h2-3,5-6,19-20H,4H2,1H3,(H2,14,15,16,17,18). The van der Waals surface area contributed by atoms with Crippen molar-refractivity contribution in [2.24, 2.45) is 0 Å². The molecule has 0 aliphatic carbocycles. The SMILES string of the molecule is COc1cc(O)c(O)cc1CNc1ncnc2nc[nH]c12. The van der Waals surface area contributed by atoms with Crippen molar-refractivity contribution >= 4 is 17.0 Å². The molecule has 4 N–H and O–H groups in total. The fourth-order valence-corrected chi connectivity index (χ4v) is 2.01. The summed E-state index contributed by atoms with van der Waals surface area (Å²) in [5.41, 5.74) is 1.94. The number of hydrogen-bond acceptors (Lipinski definition) is 7. The van der Waals surface area contributed by atoms with Crippen molar-refractivity contribution in [3.05, 3.63) is 30.4 Å². The van der Waals surface area contributed by atoms with Gasteiger partial charge in [0.2, 0.25) is 0 Å². The van der Waals surface area contributed by atoms with Crippen LogP contribution in [0.2, 0.25) is 0 Å². The Bertz CT molecular complexity index is 787. The normalized spacial score (nSPS) is 10.7. The van der Waals surface area contributed by atoms with Crippen molar-refractivity contribution in [2.45, 2.75) is 6.54 Å². The van der Waals surface area contributed by atoms with Crippen molar-refractivity contribution in [1.82, 2.24) is 19.9 Å². The summed E-state index contributed by atoms with van der Waals surface area (Å²) >= 11 is 0. The number of rotatable bonds is 4. The smallest absolute Gasteiger partial charge is 0.182 e. The Morgan fingerprint density at radius 2 is 2.00 bits per heavy atom. The molecule has 0 aliphatic heterocycles. The summed E-state index contributed by atoms with van der Waals surface area (Å²) in [6.45, 7) is 0.349. The van der Waals surface area contributed by atoms with Gasteiger partial charge in [-0.25, -0.2) is 15.0 Å². The van der Waals surface area contributed by atoms with Crippen molar-refractivity contribution in [1.29, 1.82) is 0 Å². The van der Waals surface area contributed by atoms with Crippen LogP contribution in [0.25, 0.3) is 11.2 Å². The molecule has 0 aliphatic rings. The summed E-state index contributed by atoms with van der Waals surface area (Å²) in [6.07, 6.45) is 2.95. The van der Waals surface area contributed by atoms with Gasteiger partial charge in [-0.2, -0.15) is 0 Å².